The molecule has 0 radical (unpaired) electrons. The lowest BCUT2D eigenvalue weighted by Crippen LogP contribution is -2.57. The molecule has 2 rings (SSSR count). The molecule has 0 aliphatic carbocycles. The molecule has 55 heavy (non-hydrogen) atoms. The van der Waals surface area contributed by atoms with Gasteiger partial charge < -0.3 is 41.1 Å². The highest BCUT2D eigenvalue weighted by molar-refractivity contribution is 6.00. The third-order valence-corrected chi connectivity index (χ3v) is 9.74. The van der Waals surface area contributed by atoms with Crippen molar-refractivity contribution in [3.05, 3.63) is 71.5 Å². The number of likely N-dealkylation sites (N-methyl/N-ethyl adjacent to an activating group) is 1. The van der Waals surface area contributed by atoms with E-state index < -0.39 is 89.8 Å². The normalized spacial score (nSPS) is 26.3. The molecule has 15 nitrogen and oxygen atoms in total. The lowest BCUT2D eigenvalue weighted by molar-refractivity contribution is -0.146. The van der Waals surface area contributed by atoms with Crippen LogP contribution in [0.2, 0.25) is 0 Å². The number of nitrogens with one attached hydrogen (secondary N) is 4. The van der Waals surface area contributed by atoms with Crippen molar-refractivity contribution in [3.8, 4) is 0 Å². The number of carbonyl (C=O) groups is 7. The van der Waals surface area contributed by atoms with Crippen molar-refractivity contribution in [1.82, 2.24) is 26.2 Å². The van der Waals surface area contributed by atoms with Crippen LogP contribution in [0.1, 0.15) is 66.9 Å². The summed E-state index contributed by atoms with van der Waals surface area (Å²) in [5.74, 6) is -9.82. The van der Waals surface area contributed by atoms with Crippen LogP contribution in [0.15, 0.2) is 65.9 Å². The van der Waals surface area contributed by atoms with Crippen LogP contribution >= 0.6 is 0 Å². The minimum Gasteiger partial charge on any atom is -0.480 e. The fourth-order valence-electron chi connectivity index (χ4n) is 6.11. The number of carboxylic acid groups (broad SMARTS) is 2. The molecule has 1 aromatic carbocycles. The van der Waals surface area contributed by atoms with E-state index >= 15 is 0 Å². The number of carboxylic acids is 2. The zero-order chi connectivity index (χ0) is 41.6. The molecule has 1 heterocycles. The Labute approximate surface area is 323 Å². The molecular formula is C40H57N5O10. The first kappa shape index (κ1) is 45.8. The first-order valence-corrected chi connectivity index (χ1v) is 18.4. The second kappa shape index (κ2) is 21.5. The highest BCUT2D eigenvalue weighted by Crippen LogP contribution is 2.19. The fourth-order valence-corrected chi connectivity index (χ4v) is 6.11. The molecule has 6 N–H and O–H groups in total. The van der Waals surface area contributed by atoms with Gasteiger partial charge in [-0.15, -0.1) is 0 Å². The Morgan fingerprint density at radius 3 is 2.07 bits per heavy atom. The predicted octanol–water partition coefficient (Wildman–Crippen LogP) is 2.58. The van der Waals surface area contributed by atoms with E-state index in [1.807, 2.05) is 50.3 Å². The van der Waals surface area contributed by atoms with Crippen LogP contribution in [0.5, 0.6) is 0 Å². The second-order valence-electron chi connectivity index (χ2n) is 14.3. The van der Waals surface area contributed by atoms with Gasteiger partial charge in [-0.2, -0.15) is 0 Å². The number of methoxy groups -OCH3 is 1. The minimum absolute atomic E-state index is 0.0384. The Balaban J connectivity index is 2.57. The predicted molar refractivity (Wildman–Crippen MR) is 205 cm³/mol. The van der Waals surface area contributed by atoms with Gasteiger partial charge in [-0.25, -0.2) is 9.59 Å². The second-order valence-corrected chi connectivity index (χ2v) is 14.3. The zero-order valence-electron chi connectivity index (χ0n) is 33.1. The van der Waals surface area contributed by atoms with E-state index in [2.05, 4.69) is 21.3 Å². The van der Waals surface area contributed by atoms with E-state index in [1.165, 1.54) is 33.9 Å². The monoisotopic (exact) mass is 767 g/mol. The number of amides is 5. The number of allylic oxidation sites excluding steroid dienone is 3. The number of ether oxygens (including phenoxy) is 1. The van der Waals surface area contributed by atoms with Crippen LogP contribution in [-0.4, -0.2) is 101 Å². The van der Waals surface area contributed by atoms with E-state index in [-0.39, 0.29) is 24.1 Å². The summed E-state index contributed by atoms with van der Waals surface area (Å²) in [4.78, 5) is 92.8. The van der Waals surface area contributed by atoms with Crippen LogP contribution in [0.3, 0.4) is 0 Å². The van der Waals surface area contributed by atoms with Gasteiger partial charge >= 0.3 is 11.9 Å². The van der Waals surface area contributed by atoms with Gasteiger partial charge in [0, 0.05) is 26.5 Å². The number of aliphatic carboxylic acids is 2. The van der Waals surface area contributed by atoms with Gasteiger partial charge in [0.1, 0.15) is 23.8 Å². The van der Waals surface area contributed by atoms with Crippen LogP contribution in [-0.2, 0) is 44.7 Å². The number of hydrogen-bond donors (Lipinski definition) is 6. The van der Waals surface area contributed by atoms with Gasteiger partial charge in [0.15, 0.2) is 0 Å². The van der Waals surface area contributed by atoms with E-state index in [0.717, 1.165) is 16.0 Å². The molecule has 15 heteroatoms. The first-order chi connectivity index (χ1) is 25.8. The van der Waals surface area contributed by atoms with Crippen LogP contribution in [0, 0.1) is 23.7 Å². The van der Waals surface area contributed by atoms with Gasteiger partial charge in [0.05, 0.1) is 24.0 Å². The van der Waals surface area contributed by atoms with Crippen molar-refractivity contribution in [3.63, 3.8) is 0 Å². The average Bonchev–Trinajstić information content (AvgIpc) is 3.13. The summed E-state index contributed by atoms with van der Waals surface area (Å²) in [5, 5.41) is 30.1. The highest BCUT2D eigenvalue weighted by atomic mass is 16.5. The van der Waals surface area contributed by atoms with E-state index in [4.69, 9.17) is 4.74 Å². The number of carbonyl (C=O) groups excluding carboxylic acids is 5. The maximum Gasteiger partial charge on any atom is 0.327 e. The van der Waals surface area contributed by atoms with E-state index in [9.17, 15) is 43.8 Å². The molecule has 1 aliphatic rings. The summed E-state index contributed by atoms with van der Waals surface area (Å²) >= 11 is 0. The third-order valence-electron chi connectivity index (χ3n) is 9.74. The van der Waals surface area contributed by atoms with Crippen molar-refractivity contribution >= 4 is 41.5 Å². The molecule has 0 bridgehead atoms. The Bertz CT molecular complexity index is 1640. The lowest BCUT2D eigenvalue weighted by Gasteiger charge is -2.29. The molecule has 1 fully saturated rings. The molecule has 1 aromatic rings. The summed E-state index contributed by atoms with van der Waals surface area (Å²) in [6, 6.07) is 4.42. The van der Waals surface area contributed by atoms with Crippen molar-refractivity contribution in [2.45, 2.75) is 98.0 Å². The van der Waals surface area contributed by atoms with Gasteiger partial charge in [-0.1, -0.05) is 94.8 Å². The van der Waals surface area contributed by atoms with Crippen molar-refractivity contribution < 1.29 is 48.5 Å². The molecule has 3 unspecified atom stereocenters. The van der Waals surface area contributed by atoms with Crippen molar-refractivity contribution in [2.75, 3.05) is 14.2 Å². The molecular weight excluding hydrogens is 710 g/mol. The number of hydrogen-bond acceptors (Lipinski definition) is 8. The zero-order valence-corrected chi connectivity index (χ0v) is 33.1. The smallest absolute Gasteiger partial charge is 0.327 e. The topological polar surface area (TPSA) is 221 Å². The third kappa shape index (κ3) is 13.5. The van der Waals surface area contributed by atoms with Gasteiger partial charge in [0.25, 0.3) is 5.91 Å². The summed E-state index contributed by atoms with van der Waals surface area (Å²) in [6.07, 6.45) is 6.37. The van der Waals surface area contributed by atoms with Crippen LogP contribution in [0.25, 0.3) is 0 Å². The first-order valence-electron chi connectivity index (χ1n) is 18.4. The van der Waals surface area contributed by atoms with Crippen molar-refractivity contribution in [2.24, 2.45) is 23.7 Å². The maximum absolute atomic E-state index is 13.9. The summed E-state index contributed by atoms with van der Waals surface area (Å²) in [6.45, 7) is 11.4. The number of benzene rings is 1. The fraction of sp³-hybridized carbons (Fsp3) is 0.525. The minimum atomic E-state index is -1.75. The molecule has 302 valence electrons. The van der Waals surface area contributed by atoms with E-state index in [0.29, 0.717) is 6.42 Å². The quantitative estimate of drug-likeness (QED) is 0.151. The molecule has 0 aromatic heterocycles. The largest absolute Gasteiger partial charge is 0.480 e. The Hall–Kier alpha value is -5.31. The summed E-state index contributed by atoms with van der Waals surface area (Å²) < 4.78 is 5.78. The molecule has 0 saturated carbocycles. The van der Waals surface area contributed by atoms with Gasteiger partial charge in [0.2, 0.25) is 23.6 Å². The van der Waals surface area contributed by atoms with Gasteiger partial charge in [-0.3, -0.25) is 24.0 Å². The SMILES string of the molecule is C/C=C1/C(=O)NC(C(=O)O)[C@H](C)C(=O)NC(C(C)C)C(=O)NC(/C=C/C(C)=C/[C@H](C)[C@H](Cc2ccccc2)OC)[C@H](C)C(=O)N[C@@H](C(=O)O)CCC(=O)N1C. The molecule has 0 spiro atoms. The standard InChI is InChI=1S/C40H57N5O10/c1-10-30-37(49)44-34(40(53)54)26(7)36(48)43-33(22(2)3)38(50)41-28(25(6)35(47)42-29(39(51)52)18-19-32(46)45(30)8)17-16-23(4)20-24(5)31(55-9)21-27-14-12-11-13-15-27/h10-17,20,22,24-26,28-29,31,33-34H,18-19,21H2,1-9H3,(H,41,50)(H,42,47)(H,43,48)(H,44,49)(H,51,52)(H,53,54)/b17-16+,23-20+,30-10-/t24-,25-,26-,28?,29+,31-,33?,34?/m0/s1. The molecule has 8 atom stereocenters. The Morgan fingerprint density at radius 2 is 1.53 bits per heavy atom. The van der Waals surface area contributed by atoms with Crippen LogP contribution < -0.4 is 21.3 Å². The average molecular weight is 768 g/mol. The number of nitrogens with zero attached hydrogens (tertiary/aromatic N) is 1. The Morgan fingerprint density at radius 1 is 0.909 bits per heavy atom. The van der Waals surface area contributed by atoms with Crippen molar-refractivity contribution in [1.29, 1.82) is 0 Å². The molecule has 1 aliphatic heterocycles. The molecule has 5 amide bonds. The molecule has 1 saturated heterocycles. The number of rotatable bonds is 10. The Kier molecular flexibility index (Phi) is 18.0. The van der Waals surface area contributed by atoms with Gasteiger partial charge in [-0.05, 0) is 38.2 Å². The lowest BCUT2D eigenvalue weighted by atomic mass is 9.94. The van der Waals surface area contributed by atoms with E-state index in [1.54, 1.807) is 33.1 Å². The summed E-state index contributed by atoms with van der Waals surface area (Å²) in [5.41, 5.74) is 1.66. The maximum atomic E-state index is 13.9. The van der Waals surface area contributed by atoms with Crippen LogP contribution in [0.4, 0.5) is 0 Å². The summed E-state index contributed by atoms with van der Waals surface area (Å²) in [7, 11) is 2.91. The highest BCUT2D eigenvalue weighted by Gasteiger charge is 2.37.